The first-order valence-electron chi connectivity index (χ1n) is 7.35. The molecule has 0 bridgehead atoms. The monoisotopic (exact) mass is 330 g/mol. The molecular weight excluding hydrogens is 304 g/mol. The van der Waals surface area contributed by atoms with Crippen LogP contribution in [0.3, 0.4) is 0 Å². The van der Waals surface area contributed by atoms with Gasteiger partial charge in [0.1, 0.15) is 5.75 Å². The molecule has 4 N–H and O–H groups in total. The lowest BCUT2D eigenvalue weighted by atomic mass is 10.1. The summed E-state index contributed by atoms with van der Waals surface area (Å²) >= 11 is 0. The summed E-state index contributed by atoms with van der Waals surface area (Å²) in [7, 11) is 0. The van der Waals surface area contributed by atoms with E-state index >= 15 is 0 Å². The van der Waals surface area contributed by atoms with Gasteiger partial charge < -0.3 is 20.9 Å². The molecule has 126 valence electrons. The first-order chi connectivity index (χ1) is 9.88. The van der Waals surface area contributed by atoms with Gasteiger partial charge in [0.2, 0.25) is 5.91 Å². The van der Waals surface area contributed by atoms with E-state index in [-0.39, 0.29) is 37.0 Å². The van der Waals surface area contributed by atoms with Crippen molar-refractivity contribution in [3.63, 3.8) is 0 Å². The second-order valence-electron chi connectivity index (χ2n) is 5.57. The summed E-state index contributed by atoms with van der Waals surface area (Å²) in [5, 5.41) is 12.7. The maximum atomic E-state index is 11.6. The molecule has 0 aliphatic carbocycles. The molecule has 22 heavy (non-hydrogen) atoms. The number of hydrogen-bond acceptors (Lipinski definition) is 4. The van der Waals surface area contributed by atoms with Crippen molar-refractivity contribution in [2.24, 2.45) is 5.73 Å². The largest absolute Gasteiger partial charge is 0.491 e. The van der Waals surface area contributed by atoms with Gasteiger partial charge in [0.05, 0.1) is 12.2 Å². The molecule has 0 spiro atoms. The van der Waals surface area contributed by atoms with Crippen LogP contribution in [0.5, 0.6) is 5.75 Å². The number of rotatable bonds is 8. The van der Waals surface area contributed by atoms with Gasteiger partial charge >= 0.3 is 0 Å². The van der Waals surface area contributed by atoms with E-state index in [0.29, 0.717) is 12.8 Å². The van der Waals surface area contributed by atoms with Crippen molar-refractivity contribution < 1.29 is 14.6 Å². The lowest BCUT2D eigenvalue weighted by Gasteiger charge is -2.14. The Balaban J connectivity index is 0.00000441. The highest BCUT2D eigenvalue weighted by Gasteiger charge is 2.10. The number of nitrogens with two attached hydrogens (primary N) is 1. The summed E-state index contributed by atoms with van der Waals surface area (Å²) in [5.41, 5.74) is 6.34. The number of carbonyl (C=O) groups is 1. The third kappa shape index (κ3) is 8.22. The minimum Gasteiger partial charge on any atom is -0.491 e. The van der Waals surface area contributed by atoms with Crippen LogP contribution in [0.1, 0.15) is 45.3 Å². The molecule has 0 aromatic heterocycles. The maximum Gasteiger partial charge on any atom is 0.220 e. The highest BCUT2D eigenvalue weighted by atomic mass is 35.5. The van der Waals surface area contributed by atoms with E-state index in [4.69, 9.17) is 10.5 Å². The van der Waals surface area contributed by atoms with Gasteiger partial charge in [-0.25, -0.2) is 0 Å². The highest BCUT2D eigenvalue weighted by molar-refractivity contribution is 5.85. The van der Waals surface area contributed by atoms with Crippen LogP contribution in [0.15, 0.2) is 24.3 Å². The Labute approximate surface area is 138 Å². The third-order valence-electron chi connectivity index (χ3n) is 2.96. The van der Waals surface area contributed by atoms with Gasteiger partial charge in [-0.3, -0.25) is 4.79 Å². The number of amides is 1. The third-order valence-corrected chi connectivity index (χ3v) is 2.96. The van der Waals surface area contributed by atoms with Crippen LogP contribution in [-0.4, -0.2) is 29.7 Å². The molecule has 6 heteroatoms. The number of hydrogen-bond donors (Lipinski definition) is 3. The predicted molar refractivity (Wildman–Crippen MR) is 90.3 cm³/mol. The van der Waals surface area contributed by atoms with Gasteiger partial charge in [-0.2, -0.15) is 0 Å². The number of nitrogens with one attached hydrogen (secondary N) is 1. The number of carbonyl (C=O) groups excluding carboxylic acids is 1. The van der Waals surface area contributed by atoms with Crippen LogP contribution < -0.4 is 15.8 Å². The van der Waals surface area contributed by atoms with Crippen molar-refractivity contribution in [2.45, 2.75) is 51.9 Å². The number of ether oxygens (including phenoxy) is 1. The zero-order valence-corrected chi connectivity index (χ0v) is 14.2. The summed E-state index contributed by atoms with van der Waals surface area (Å²) in [6.07, 6.45) is 0.414. The summed E-state index contributed by atoms with van der Waals surface area (Å²) in [6, 6.07) is 7.24. The quantitative estimate of drug-likeness (QED) is 0.682. The average molecular weight is 331 g/mol. The molecule has 0 saturated carbocycles. The Morgan fingerprint density at radius 1 is 1.27 bits per heavy atom. The zero-order chi connectivity index (χ0) is 15.8. The molecule has 0 saturated heterocycles. The fourth-order valence-electron chi connectivity index (χ4n) is 1.82. The lowest BCUT2D eigenvalue weighted by Crippen LogP contribution is -2.29. The second-order valence-corrected chi connectivity index (χ2v) is 5.57. The number of benzene rings is 1. The van der Waals surface area contributed by atoms with Gasteiger partial charge in [0.25, 0.3) is 0 Å². The van der Waals surface area contributed by atoms with Crippen molar-refractivity contribution in [3.05, 3.63) is 29.8 Å². The van der Waals surface area contributed by atoms with E-state index in [2.05, 4.69) is 5.32 Å². The molecule has 1 rings (SSSR count). The van der Waals surface area contributed by atoms with E-state index in [1.807, 2.05) is 32.9 Å². The van der Waals surface area contributed by atoms with Crippen LogP contribution in [0.4, 0.5) is 0 Å². The van der Waals surface area contributed by atoms with Gasteiger partial charge in [0, 0.05) is 19.0 Å². The molecule has 1 aromatic carbocycles. The van der Waals surface area contributed by atoms with E-state index in [9.17, 15) is 9.90 Å². The van der Waals surface area contributed by atoms with Crippen LogP contribution in [0, 0.1) is 0 Å². The van der Waals surface area contributed by atoms with Gasteiger partial charge in [-0.1, -0.05) is 12.1 Å². The highest BCUT2D eigenvalue weighted by Crippen LogP contribution is 2.18. The minimum absolute atomic E-state index is 0. The lowest BCUT2D eigenvalue weighted by molar-refractivity contribution is -0.121. The molecular formula is C16H27ClN2O3. The Bertz CT molecular complexity index is 436. The smallest absolute Gasteiger partial charge is 0.220 e. The van der Waals surface area contributed by atoms with Crippen LogP contribution in [0.25, 0.3) is 0 Å². The van der Waals surface area contributed by atoms with E-state index in [1.54, 1.807) is 12.1 Å². The standard InChI is InChI=1S/C16H26N2O3.ClH/c1-11(2)21-14-7-5-13(6-8-14)15(19)10-18-16(20)9-4-12(3)17;/h5-8,11-12,15,19H,4,9-10,17H2,1-3H3,(H,18,20);1H. The number of aliphatic hydroxyl groups excluding tert-OH is 1. The molecule has 2 atom stereocenters. The van der Waals surface area contributed by atoms with Gasteiger partial charge in [0.15, 0.2) is 0 Å². The fraction of sp³-hybridized carbons (Fsp3) is 0.562. The van der Waals surface area contributed by atoms with Crippen LogP contribution in [0.2, 0.25) is 0 Å². The summed E-state index contributed by atoms with van der Waals surface area (Å²) in [5.74, 6) is 0.674. The first-order valence-corrected chi connectivity index (χ1v) is 7.35. The van der Waals surface area contributed by atoms with E-state index in [1.165, 1.54) is 0 Å². The van der Waals surface area contributed by atoms with Crippen molar-refractivity contribution in [2.75, 3.05) is 6.54 Å². The molecule has 0 heterocycles. The topological polar surface area (TPSA) is 84.6 Å². The minimum atomic E-state index is -0.725. The first kappa shape index (κ1) is 20.7. The summed E-state index contributed by atoms with van der Waals surface area (Å²) in [4.78, 5) is 11.6. The van der Waals surface area contributed by atoms with Gasteiger partial charge in [-0.05, 0) is 44.9 Å². The van der Waals surface area contributed by atoms with Crippen molar-refractivity contribution in [3.8, 4) is 5.75 Å². The molecule has 0 radical (unpaired) electrons. The SMILES string of the molecule is CC(N)CCC(=O)NCC(O)c1ccc(OC(C)C)cc1.Cl. The van der Waals surface area contributed by atoms with Crippen LogP contribution in [-0.2, 0) is 4.79 Å². The molecule has 0 fully saturated rings. The molecule has 5 nitrogen and oxygen atoms in total. The van der Waals surface area contributed by atoms with Crippen LogP contribution >= 0.6 is 12.4 Å². The molecule has 0 aliphatic heterocycles. The fourth-order valence-corrected chi connectivity index (χ4v) is 1.82. The number of aliphatic hydroxyl groups is 1. The Kier molecular flexibility index (Phi) is 9.81. The normalized spacial score (nSPS) is 13.2. The average Bonchev–Trinajstić information content (AvgIpc) is 2.42. The predicted octanol–water partition coefficient (Wildman–Crippen LogP) is 2.17. The maximum absolute atomic E-state index is 11.6. The van der Waals surface area contributed by atoms with Crippen molar-refractivity contribution in [1.29, 1.82) is 0 Å². The summed E-state index contributed by atoms with van der Waals surface area (Å²) in [6.45, 7) is 5.98. The number of halogens is 1. The van der Waals surface area contributed by atoms with Gasteiger partial charge in [-0.15, -0.1) is 12.4 Å². The zero-order valence-electron chi connectivity index (χ0n) is 13.4. The Morgan fingerprint density at radius 3 is 2.36 bits per heavy atom. The summed E-state index contributed by atoms with van der Waals surface area (Å²) < 4.78 is 5.54. The molecule has 2 unspecified atom stereocenters. The second kappa shape index (κ2) is 10.4. The Hall–Kier alpha value is -1.30. The molecule has 1 amide bonds. The van der Waals surface area contributed by atoms with Crippen molar-refractivity contribution in [1.82, 2.24) is 5.32 Å². The molecule has 1 aromatic rings. The van der Waals surface area contributed by atoms with E-state index < -0.39 is 6.10 Å². The van der Waals surface area contributed by atoms with E-state index in [0.717, 1.165) is 11.3 Å². The van der Waals surface area contributed by atoms with Crippen molar-refractivity contribution >= 4 is 18.3 Å². The molecule has 0 aliphatic rings. The Morgan fingerprint density at radius 2 is 1.86 bits per heavy atom.